The molecule has 0 atom stereocenters. The van der Waals surface area contributed by atoms with Crippen LogP contribution in [0, 0.1) is 5.82 Å². The first kappa shape index (κ1) is 14.0. The highest BCUT2D eigenvalue weighted by atomic mass is 79.9. The number of hydrogen-bond donors (Lipinski definition) is 0. The second kappa shape index (κ2) is 7.27. The molecular weight excluding hydrogens is 291 g/mol. The lowest BCUT2D eigenvalue weighted by atomic mass is 10.3. The van der Waals surface area contributed by atoms with Crippen molar-refractivity contribution < 1.29 is 18.7 Å². The van der Waals surface area contributed by atoms with E-state index in [9.17, 15) is 9.18 Å². The van der Waals surface area contributed by atoms with Crippen LogP contribution in [0.5, 0.6) is 5.75 Å². The lowest BCUT2D eigenvalue weighted by Gasteiger charge is -2.07. The average Bonchev–Trinajstić information content (AvgIpc) is 2.31. The first-order chi connectivity index (χ1) is 8.13. The number of carbonyl (C=O) groups is 1. The van der Waals surface area contributed by atoms with Gasteiger partial charge in [-0.2, -0.15) is 0 Å². The highest BCUT2D eigenvalue weighted by Crippen LogP contribution is 2.20. The Morgan fingerprint density at radius 3 is 2.88 bits per heavy atom. The molecule has 3 nitrogen and oxygen atoms in total. The number of rotatable bonds is 6. The van der Waals surface area contributed by atoms with Crippen molar-refractivity contribution in [1.29, 1.82) is 0 Å². The molecule has 0 saturated carbocycles. The number of esters is 1. The Morgan fingerprint density at radius 1 is 1.47 bits per heavy atom. The van der Waals surface area contributed by atoms with Crippen LogP contribution < -0.4 is 4.74 Å². The standard InChI is InChI=1S/C12H14BrFO3/c1-2-3-6-16-12(15)8-17-9-4-5-10(13)11(14)7-9/h4-5,7H,2-3,6,8H2,1H3. The normalized spacial score (nSPS) is 10.1. The summed E-state index contributed by atoms with van der Waals surface area (Å²) in [5.74, 6) is -0.568. The summed E-state index contributed by atoms with van der Waals surface area (Å²) in [6, 6.07) is 4.31. The van der Waals surface area contributed by atoms with Crippen LogP contribution in [0.1, 0.15) is 19.8 Å². The van der Waals surface area contributed by atoms with Gasteiger partial charge in [-0.25, -0.2) is 9.18 Å². The van der Waals surface area contributed by atoms with Crippen LogP contribution in [0.25, 0.3) is 0 Å². The van der Waals surface area contributed by atoms with E-state index >= 15 is 0 Å². The number of unbranched alkanes of at least 4 members (excludes halogenated alkanes) is 1. The highest BCUT2D eigenvalue weighted by molar-refractivity contribution is 9.10. The van der Waals surface area contributed by atoms with Gasteiger partial charge in [-0.15, -0.1) is 0 Å². The molecule has 0 aromatic heterocycles. The molecular formula is C12H14BrFO3. The van der Waals surface area contributed by atoms with Crippen LogP contribution >= 0.6 is 15.9 Å². The summed E-state index contributed by atoms with van der Waals surface area (Å²) in [6.07, 6.45) is 1.80. The van der Waals surface area contributed by atoms with Crippen LogP contribution in [0.15, 0.2) is 22.7 Å². The SMILES string of the molecule is CCCCOC(=O)COc1ccc(Br)c(F)c1. The molecule has 0 N–H and O–H groups in total. The third-order valence-electron chi connectivity index (χ3n) is 2.01. The van der Waals surface area contributed by atoms with Crippen LogP contribution in [-0.2, 0) is 9.53 Å². The number of halogens is 2. The van der Waals surface area contributed by atoms with Crippen molar-refractivity contribution in [2.75, 3.05) is 13.2 Å². The van der Waals surface area contributed by atoms with Gasteiger partial charge >= 0.3 is 5.97 Å². The minimum Gasteiger partial charge on any atom is -0.482 e. The maximum Gasteiger partial charge on any atom is 0.344 e. The van der Waals surface area contributed by atoms with E-state index in [1.807, 2.05) is 6.92 Å². The molecule has 0 aliphatic rings. The summed E-state index contributed by atoms with van der Waals surface area (Å²) in [6.45, 7) is 2.20. The predicted octanol–water partition coefficient (Wildman–Crippen LogP) is 3.31. The third kappa shape index (κ3) is 5.17. The van der Waals surface area contributed by atoms with Crippen LogP contribution in [0.4, 0.5) is 4.39 Å². The zero-order valence-corrected chi connectivity index (χ0v) is 11.1. The van der Waals surface area contributed by atoms with Crippen molar-refractivity contribution in [1.82, 2.24) is 0 Å². The minimum atomic E-state index is -0.443. The molecule has 94 valence electrons. The minimum absolute atomic E-state index is 0.204. The fraction of sp³-hybridized carbons (Fsp3) is 0.417. The van der Waals surface area contributed by atoms with Gasteiger partial charge in [0.15, 0.2) is 6.61 Å². The zero-order valence-electron chi connectivity index (χ0n) is 9.54. The Hall–Kier alpha value is -1.10. The number of carbonyl (C=O) groups excluding carboxylic acids is 1. The molecule has 0 amide bonds. The fourth-order valence-corrected chi connectivity index (χ4v) is 1.33. The molecule has 1 aromatic carbocycles. The smallest absolute Gasteiger partial charge is 0.344 e. The van der Waals surface area contributed by atoms with E-state index in [1.54, 1.807) is 6.07 Å². The van der Waals surface area contributed by atoms with E-state index in [4.69, 9.17) is 9.47 Å². The van der Waals surface area contributed by atoms with Crippen molar-refractivity contribution in [3.8, 4) is 5.75 Å². The number of benzene rings is 1. The maximum absolute atomic E-state index is 13.1. The van der Waals surface area contributed by atoms with Crippen molar-refractivity contribution in [2.45, 2.75) is 19.8 Å². The van der Waals surface area contributed by atoms with E-state index in [0.29, 0.717) is 16.8 Å². The van der Waals surface area contributed by atoms with Gasteiger partial charge in [0, 0.05) is 6.07 Å². The van der Waals surface area contributed by atoms with Crippen LogP contribution in [0.2, 0.25) is 0 Å². The molecule has 0 aliphatic heterocycles. The van der Waals surface area contributed by atoms with Crippen molar-refractivity contribution in [2.24, 2.45) is 0 Å². The Bertz CT molecular complexity index is 382. The van der Waals surface area contributed by atoms with Crippen molar-refractivity contribution >= 4 is 21.9 Å². The molecule has 0 unspecified atom stereocenters. The topological polar surface area (TPSA) is 35.5 Å². The molecule has 0 spiro atoms. The summed E-state index contributed by atoms with van der Waals surface area (Å²) in [4.78, 5) is 11.2. The lowest BCUT2D eigenvalue weighted by Crippen LogP contribution is -2.15. The fourth-order valence-electron chi connectivity index (χ4n) is 1.08. The van der Waals surface area contributed by atoms with Gasteiger partial charge in [-0.05, 0) is 34.5 Å². The summed E-state index contributed by atoms with van der Waals surface area (Å²) >= 11 is 3.03. The van der Waals surface area contributed by atoms with Crippen LogP contribution in [-0.4, -0.2) is 19.2 Å². The Morgan fingerprint density at radius 2 is 2.24 bits per heavy atom. The molecule has 0 radical (unpaired) electrons. The van der Waals surface area contributed by atoms with E-state index in [2.05, 4.69) is 15.9 Å². The first-order valence-electron chi connectivity index (χ1n) is 5.37. The second-order valence-corrected chi connectivity index (χ2v) is 4.29. The molecule has 17 heavy (non-hydrogen) atoms. The monoisotopic (exact) mass is 304 g/mol. The van der Waals surface area contributed by atoms with E-state index in [-0.39, 0.29) is 6.61 Å². The summed E-state index contributed by atoms with van der Waals surface area (Å²) in [7, 11) is 0. The quantitative estimate of drug-likeness (QED) is 0.597. The van der Waals surface area contributed by atoms with E-state index < -0.39 is 11.8 Å². The molecule has 1 aromatic rings. The second-order valence-electron chi connectivity index (χ2n) is 3.44. The third-order valence-corrected chi connectivity index (χ3v) is 2.65. The summed E-state index contributed by atoms with van der Waals surface area (Å²) in [5.41, 5.74) is 0. The Kier molecular flexibility index (Phi) is 5.97. The maximum atomic E-state index is 13.1. The molecule has 0 heterocycles. The van der Waals surface area contributed by atoms with Gasteiger partial charge in [0.05, 0.1) is 11.1 Å². The highest BCUT2D eigenvalue weighted by Gasteiger charge is 2.06. The van der Waals surface area contributed by atoms with Gasteiger partial charge < -0.3 is 9.47 Å². The first-order valence-corrected chi connectivity index (χ1v) is 6.16. The largest absolute Gasteiger partial charge is 0.482 e. The average molecular weight is 305 g/mol. The summed E-state index contributed by atoms with van der Waals surface area (Å²) < 4.78 is 23.5. The van der Waals surface area contributed by atoms with E-state index in [0.717, 1.165) is 12.8 Å². The summed E-state index contributed by atoms with van der Waals surface area (Å²) in [5, 5.41) is 0. The van der Waals surface area contributed by atoms with Crippen molar-refractivity contribution in [3.63, 3.8) is 0 Å². The number of ether oxygens (including phenoxy) is 2. The Balaban J connectivity index is 2.34. The van der Waals surface area contributed by atoms with E-state index in [1.165, 1.54) is 12.1 Å². The van der Waals surface area contributed by atoms with Crippen molar-refractivity contribution in [3.05, 3.63) is 28.5 Å². The molecule has 0 aliphatic carbocycles. The van der Waals surface area contributed by atoms with Gasteiger partial charge in [-0.1, -0.05) is 13.3 Å². The molecule has 0 saturated heterocycles. The lowest BCUT2D eigenvalue weighted by molar-refractivity contribution is -0.146. The molecule has 0 fully saturated rings. The zero-order chi connectivity index (χ0) is 12.7. The van der Waals surface area contributed by atoms with Gasteiger partial charge in [0.1, 0.15) is 11.6 Å². The molecule has 0 bridgehead atoms. The van der Waals surface area contributed by atoms with Crippen LogP contribution in [0.3, 0.4) is 0 Å². The van der Waals surface area contributed by atoms with Gasteiger partial charge in [0.25, 0.3) is 0 Å². The number of hydrogen-bond acceptors (Lipinski definition) is 3. The molecule has 1 rings (SSSR count). The van der Waals surface area contributed by atoms with Gasteiger partial charge in [-0.3, -0.25) is 0 Å². The molecule has 5 heteroatoms. The van der Waals surface area contributed by atoms with Gasteiger partial charge in [0.2, 0.25) is 0 Å². The Labute approximate surface area is 108 Å². The predicted molar refractivity (Wildman–Crippen MR) is 65.5 cm³/mol.